The van der Waals surface area contributed by atoms with E-state index in [-0.39, 0.29) is 11.7 Å². The highest BCUT2D eigenvalue weighted by molar-refractivity contribution is 7.16. The van der Waals surface area contributed by atoms with E-state index >= 15 is 0 Å². The van der Waals surface area contributed by atoms with Gasteiger partial charge in [-0.15, -0.1) is 11.3 Å². The van der Waals surface area contributed by atoms with Crippen LogP contribution in [0.3, 0.4) is 0 Å². The number of morpholine rings is 1. The van der Waals surface area contributed by atoms with Crippen LogP contribution >= 0.6 is 11.3 Å². The molecule has 1 N–H and O–H groups in total. The van der Waals surface area contributed by atoms with Crippen LogP contribution in [0.4, 0.5) is 0 Å². The summed E-state index contributed by atoms with van der Waals surface area (Å²) in [5.74, 6) is 0. The van der Waals surface area contributed by atoms with E-state index < -0.39 is 0 Å². The first kappa shape index (κ1) is 13.4. The second kappa shape index (κ2) is 5.17. The van der Waals surface area contributed by atoms with E-state index in [9.17, 15) is 4.79 Å². The molecule has 2 fully saturated rings. The fourth-order valence-corrected chi connectivity index (χ4v) is 4.02. The van der Waals surface area contributed by atoms with E-state index in [1.165, 1.54) is 0 Å². The molecule has 21 heavy (non-hydrogen) atoms. The summed E-state index contributed by atoms with van der Waals surface area (Å²) in [4.78, 5) is 20.9. The van der Waals surface area contributed by atoms with Gasteiger partial charge in [-0.1, -0.05) is 0 Å². The first-order valence-electron chi connectivity index (χ1n) is 7.25. The highest BCUT2D eigenvalue weighted by Gasteiger charge is 2.35. The molecular formula is C14H18N4O2S. The average molecular weight is 306 g/mol. The van der Waals surface area contributed by atoms with Crippen LogP contribution in [0.1, 0.15) is 10.6 Å². The summed E-state index contributed by atoms with van der Waals surface area (Å²) < 4.78 is 7.40. The van der Waals surface area contributed by atoms with Crippen molar-refractivity contribution in [2.75, 3.05) is 26.2 Å². The highest BCUT2D eigenvalue weighted by atomic mass is 32.1. The third-order valence-corrected chi connectivity index (χ3v) is 5.00. The Balaban J connectivity index is 1.56. The molecular weight excluding hydrogens is 288 g/mol. The monoisotopic (exact) mass is 306 g/mol. The number of aryl methyl sites for hydroxylation is 1. The van der Waals surface area contributed by atoms with Gasteiger partial charge in [-0.05, 0) is 6.92 Å². The standard InChI is InChI=1S/C14H18N4O2S/c1-9-5-18-13(19)4-10(16-14(18)21-9)6-17-7-11-12(8-17)20-3-2-15-11/h4-5,11-12,15H,2-3,6-8H2,1H3/t11-,12-/m0/s1. The van der Waals surface area contributed by atoms with Crippen LogP contribution in [0.25, 0.3) is 4.96 Å². The lowest BCUT2D eigenvalue weighted by Crippen LogP contribution is -2.47. The Morgan fingerprint density at radius 3 is 3.29 bits per heavy atom. The van der Waals surface area contributed by atoms with Crippen molar-refractivity contribution < 1.29 is 4.74 Å². The molecule has 0 radical (unpaired) electrons. The Kier molecular flexibility index (Phi) is 3.30. The summed E-state index contributed by atoms with van der Waals surface area (Å²) in [6.07, 6.45) is 2.12. The third kappa shape index (κ3) is 2.50. The number of rotatable bonds is 2. The van der Waals surface area contributed by atoms with Crippen molar-refractivity contribution in [3.63, 3.8) is 0 Å². The number of thiazole rings is 1. The predicted molar refractivity (Wildman–Crippen MR) is 80.9 cm³/mol. The van der Waals surface area contributed by atoms with Gasteiger partial charge in [0.25, 0.3) is 5.56 Å². The molecule has 0 spiro atoms. The molecule has 7 heteroatoms. The van der Waals surface area contributed by atoms with Crippen LogP contribution in [0.5, 0.6) is 0 Å². The zero-order chi connectivity index (χ0) is 14.4. The molecule has 112 valence electrons. The molecule has 0 aliphatic carbocycles. The van der Waals surface area contributed by atoms with Crippen LogP contribution in [0.15, 0.2) is 17.1 Å². The molecule has 2 aliphatic heterocycles. The fourth-order valence-electron chi connectivity index (χ4n) is 3.17. The van der Waals surface area contributed by atoms with Gasteiger partial charge in [0.15, 0.2) is 4.96 Å². The van der Waals surface area contributed by atoms with Gasteiger partial charge in [0, 0.05) is 49.4 Å². The molecule has 0 amide bonds. The number of hydrogen-bond acceptors (Lipinski definition) is 6. The van der Waals surface area contributed by atoms with E-state index in [4.69, 9.17) is 4.74 Å². The number of ether oxygens (including phenoxy) is 1. The van der Waals surface area contributed by atoms with Gasteiger partial charge in [0.1, 0.15) is 0 Å². The largest absolute Gasteiger partial charge is 0.374 e. The summed E-state index contributed by atoms with van der Waals surface area (Å²) in [6, 6.07) is 2.06. The second-order valence-electron chi connectivity index (χ2n) is 5.74. The predicted octanol–water partition coefficient (Wildman–Crippen LogP) is 0.237. The first-order chi connectivity index (χ1) is 10.2. The highest BCUT2D eigenvalue weighted by Crippen LogP contribution is 2.19. The van der Waals surface area contributed by atoms with Crippen molar-refractivity contribution in [2.24, 2.45) is 0 Å². The van der Waals surface area contributed by atoms with Gasteiger partial charge in [-0.2, -0.15) is 0 Å². The zero-order valence-electron chi connectivity index (χ0n) is 11.9. The Labute approximate surface area is 126 Å². The molecule has 2 saturated heterocycles. The zero-order valence-corrected chi connectivity index (χ0v) is 12.7. The van der Waals surface area contributed by atoms with E-state index in [0.29, 0.717) is 12.6 Å². The minimum atomic E-state index is 0.00494. The van der Waals surface area contributed by atoms with Crippen LogP contribution < -0.4 is 10.9 Å². The molecule has 0 saturated carbocycles. The number of aromatic nitrogens is 2. The molecule has 0 bridgehead atoms. The Morgan fingerprint density at radius 1 is 1.52 bits per heavy atom. The van der Waals surface area contributed by atoms with Gasteiger partial charge < -0.3 is 10.1 Å². The number of fused-ring (bicyclic) bond motifs is 2. The van der Waals surface area contributed by atoms with Crippen molar-refractivity contribution in [1.82, 2.24) is 19.6 Å². The maximum Gasteiger partial charge on any atom is 0.258 e. The summed E-state index contributed by atoms with van der Waals surface area (Å²) in [5, 5.41) is 3.49. The third-order valence-electron chi connectivity index (χ3n) is 4.10. The summed E-state index contributed by atoms with van der Waals surface area (Å²) in [6.45, 7) is 6.27. The molecule has 4 heterocycles. The minimum Gasteiger partial charge on any atom is -0.374 e. The van der Waals surface area contributed by atoms with Crippen molar-refractivity contribution in [3.8, 4) is 0 Å². The van der Waals surface area contributed by atoms with Crippen LogP contribution in [0, 0.1) is 6.92 Å². The second-order valence-corrected chi connectivity index (χ2v) is 6.96. The van der Waals surface area contributed by atoms with Gasteiger partial charge in [-0.25, -0.2) is 4.98 Å². The van der Waals surface area contributed by atoms with Crippen molar-refractivity contribution in [1.29, 1.82) is 0 Å². The fraction of sp³-hybridized carbons (Fsp3) is 0.571. The van der Waals surface area contributed by atoms with Crippen molar-refractivity contribution in [2.45, 2.75) is 25.6 Å². The molecule has 0 aromatic carbocycles. The molecule has 2 atom stereocenters. The molecule has 2 aromatic rings. The van der Waals surface area contributed by atoms with E-state index in [2.05, 4.69) is 15.2 Å². The van der Waals surface area contributed by atoms with Crippen LogP contribution in [-0.2, 0) is 11.3 Å². The van der Waals surface area contributed by atoms with E-state index in [1.54, 1.807) is 21.8 Å². The topological polar surface area (TPSA) is 58.9 Å². The minimum absolute atomic E-state index is 0.00494. The van der Waals surface area contributed by atoms with Crippen LogP contribution in [0.2, 0.25) is 0 Å². The Bertz CT molecular complexity index is 711. The molecule has 4 rings (SSSR count). The quantitative estimate of drug-likeness (QED) is 0.861. The maximum atomic E-state index is 12.1. The average Bonchev–Trinajstić information content (AvgIpc) is 3.01. The number of nitrogens with one attached hydrogen (secondary N) is 1. The van der Waals surface area contributed by atoms with E-state index in [0.717, 1.165) is 41.8 Å². The maximum absolute atomic E-state index is 12.1. The normalized spacial score (nSPS) is 26.3. The molecule has 2 aliphatic rings. The Hall–Kier alpha value is -1.28. The summed E-state index contributed by atoms with van der Waals surface area (Å²) in [7, 11) is 0. The van der Waals surface area contributed by atoms with E-state index in [1.807, 2.05) is 13.1 Å². The summed E-state index contributed by atoms with van der Waals surface area (Å²) >= 11 is 1.55. The Morgan fingerprint density at radius 2 is 2.43 bits per heavy atom. The lowest BCUT2D eigenvalue weighted by molar-refractivity contribution is 0.0175. The molecule has 2 aromatic heterocycles. The van der Waals surface area contributed by atoms with Crippen LogP contribution in [-0.4, -0.2) is 52.7 Å². The summed E-state index contributed by atoms with van der Waals surface area (Å²) in [5.41, 5.74) is 0.853. The number of nitrogens with zero attached hydrogens (tertiary/aromatic N) is 3. The lowest BCUT2D eigenvalue weighted by Gasteiger charge is -2.25. The number of likely N-dealkylation sites (tertiary alicyclic amines) is 1. The van der Waals surface area contributed by atoms with Gasteiger partial charge in [0.05, 0.1) is 18.4 Å². The van der Waals surface area contributed by atoms with Gasteiger partial charge in [0.2, 0.25) is 0 Å². The number of hydrogen-bond donors (Lipinski definition) is 1. The van der Waals surface area contributed by atoms with Gasteiger partial charge >= 0.3 is 0 Å². The lowest BCUT2D eigenvalue weighted by atomic mass is 10.2. The van der Waals surface area contributed by atoms with Gasteiger partial charge in [-0.3, -0.25) is 14.1 Å². The van der Waals surface area contributed by atoms with Crippen molar-refractivity contribution in [3.05, 3.63) is 33.2 Å². The SMILES string of the molecule is Cc1cn2c(=O)cc(CN3C[C@@H]4NCCO[C@H]4C3)nc2s1. The first-order valence-corrected chi connectivity index (χ1v) is 8.07. The smallest absolute Gasteiger partial charge is 0.258 e. The molecule has 6 nitrogen and oxygen atoms in total. The van der Waals surface area contributed by atoms with Crippen molar-refractivity contribution >= 4 is 16.3 Å². The molecule has 0 unspecified atom stereocenters.